The van der Waals surface area contributed by atoms with Crippen LogP contribution in [0, 0.1) is 5.92 Å². The van der Waals surface area contributed by atoms with E-state index in [4.69, 9.17) is 35.5 Å². The molecular formula is C48H47BrClN9O4. The van der Waals surface area contributed by atoms with Crippen molar-refractivity contribution in [2.45, 2.75) is 70.2 Å². The van der Waals surface area contributed by atoms with Gasteiger partial charge in [-0.3, -0.25) is 0 Å². The lowest BCUT2D eigenvalue weighted by molar-refractivity contribution is -0.160. The van der Waals surface area contributed by atoms with Gasteiger partial charge in [0.05, 0.1) is 42.8 Å². The highest BCUT2D eigenvalue weighted by atomic mass is 79.9. The van der Waals surface area contributed by atoms with E-state index in [0.29, 0.717) is 36.1 Å². The lowest BCUT2D eigenvalue weighted by atomic mass is 9.95. The summed E-state index contributed by atoms with van der Waals surface area (Å²) < 4.78 is 26.5. The number of benzene rings is 4. The van der Waals surface area contributed by atoms with Crippen LogP contribution in [0.2, 0.25) is 5.15 Å². The first-order chi connectivity index (χ1) is 30.6. The molecule has 15 heteroatoms. The Bertz CT molecular complexity index is 2860. The average Bonchev–Trinajstić information content (AvgIpc) is 3.98. The Morgan fingerprint density at radius 2 is 1.32 bits per heavy atom. The molecule has 8 aromatic rings. The standard InChI is InChI=1S/C32H33ClN6O3.C16H14BrN3O/c1-32(2)41-27-21(15-26(28(27)42-32)39-13-12-24-29(33)36-18-37-30(24)39)8-4-19-5-9-22-17-35-31(38-25(22)14-19)34-16-20-6-10-23(40-3)11-7-20;1-21-14-6-2-11(3-7-14)9-18-16-19-10-12-4-5-13(17)8-15(12)20-16/h5-7,9-14,17-18,21,26-28H,4,8,15-16H2,1-3H3,(H,34,35,38);2-8,10H,9H2,1H3,(H,18,19,20)/t21-,26+,27+,28-;/m0./s1. The maximum absolute atomic E-state index is 6.47. The smallest absolute Gasteiger partial charge is 0.223 e. The molecule has 10 rings (SSSR count). The predicted octanol–water partition coefficient (Wildman–Crippen LogP) is 10.4. The van der Waals surface area contributed by atoms with Crippen molar-refractivity contribution in [1.29, 1.82) is 0 Å². The van der Waals surface area contributed by atoms with Crippen LogP contribution in [0.5, 0.6) is 11.5 Å². The normalized spacial score (nSPS) is 18.8. The number of fused-ring (bicyclic) bond motifs is 4. The molecule has 1 saturated carbocycles. The molecule has 13 nitrogen and oxygen atoms in total. The number of rotatable bonds is 12. The molecule has 2 N–H and O–H groups in total. The second kappa shape index (κ2) is 18.4. The Kier molecular flexibility index (Phi) is 12.4. The minimum Gasteiger partial charge on any atom is -0.497 e. The van der Waals surface area contributed by atoms with Crippen LogP contribution in [0.25, 0.3) is 32.8 Å². The van der Waals surface area contributed by atoms with E-state index >= 15 is 0 Å². The fourth-order valence-corrected chi connectivity index (χ4v) is 8.95. The summed E-state index contributed by atoms with van der Waals surface area (Å²) in [4.78, 5) is 26.8. The van der Waals surface area contributed by atoms with Gasteiger partial charge in [-0.1, -0.05) is 70.0 Å². The van der Waals surface area contributed by atoms with E-state index in [1.807, 2.05) is 105 Å². The number of methoxy groups -OCH3 is 2. The zero-order chi connectivity index (χ0) is 43.5. The Morgan fingerprint density at radius 1 is 0.730 bits per heavy atom. The number of ether oxygens (including phenoxy) is 4. The summed E-state index contributed by atoms with van der Waals surface area (Å²) in [5, 5.41) is 9.93. The third-order valence-electron chi connectivity index (χ3n) is 11.6. The molecule has 322 valence electrons. The monoisotopic (exact) mass is 927 g/mol. The molecule has 4 aromatic heterocycles. The predicted molar refractivity (Wildman–Crippen MR) is 249 cm³/mol. The number of nitrogens with one attached hydrogen (secondary N) is 2. The molecule has 1 aliphatic carbocycles. The lowest BCUT2D eigenvalue weighted by Gasteiger charge is -2.24. The molecule has 0 amide bonds. The number of aromatic nitrogens is 7. The first-order valence-electron chi connectivity index (χ1n) is 20.9. The van der Waals surface area contributed by atoms with Gasteiger partial charge in [-0.05, 0) is 104 Å². The number of aryl methyl sites for hydroxylation is 1. The Labute approximate surface area is 378 Å². The third-order valence-corrected chi connectivity index (χ3v) is 12.4. The lowest BCUT2D eigenvalue weighted by Crippen LogP contribution is -2.27. The fraction of sp³-hybridized carbons (Fsp3) is 0.292. The SMILES string of the molecule is COc1ccc(CNc2ncc3ccc(Br)cc3n2)cc1.COc1ccc(CNc2ncc3ccc(CC[C@H]4C[C@@H](n5ccc6c(Cl)ncnc65)[C@@H]5OC(C)(C)O[C@H]45)cc3n2)cc1. The van der Waals surface area contributed by atoms with Crippen LogP contribution in [0.3, 0.4) is 0 Å². The van der Waals surface area contributed by atoms with Crippen molar-refractivity contribution >= 4 is 72.3 Å². The van der Waals surface area contributed by atoms with Crippen LogP contribution in [-0.4, -0.2) is 66.7 Å². The van der Waals surface area contributed by atoms with Crippen molar-refractivity contribution in [3.63, 3.8) is 0 Å². The second-order valence-corrected chi connectivity index (χ2v) is 17.5. The molecule has 1 saturated heterocycles. The number of nitrogens with zero attached hydrogens (tertiary/aromatic N) is 7. The molecule has 2 fully saturated rings. The molecule has 0 unspecified atom stereocenters. The summed E-state index contributed by atoms with van der Waals surface area (Å²) in [5.41, 5.74) is 6.19. The van der Waals surface area contributed by atoms with Crippen molar-refractivity contribution in [3.8, 4) is 11.5 Å². The third kappa shape index (κ3) is 9.69. The molecule has 0 radical (unpaired) electrons. The Hall–Kier alpha value is -5.93. The van der Waals surface area contributed by atoms with E-state index in [2.05, 4.69) is 74.2 Å². The second-order valence-electron chi connectivity index (χ2n) is 16.2. The number of anilines is 2. The van der Waals surface area contributed by atoms with E-state index in [0.717, 1.165) is 79.2 Å². The number of hydrogen-bond acceptors (Lipinski definition) is 12. The largest absolute Gasteiger partial charge is 0.497 e. The fourth-order valence-electron chi connectivity index (χ4n) is 8.41. The van der Waals surface area contributed by atoms with Crippen LogP contribution in [-0.2, 0) is 29.0 Å². The highest BCUT2D eigenvalue weighted by Gasteiger charge is 2.54. The van der Waals surface area contributed by atoms with E-state index in [1.54, 1.807) is 14.2 Å². The van der Waals surface area contributed by atoms with E-state index in [9.17, 15) is 0 Å². The highest BCUT2D eigenvalue weighted by molar-refractivity contribution is 9.10. The number of hydrogen-bond donors (Lipinski definition) is 2. The Morgan fingerprint density at radius 3 is 1.95 bits per heavy atom. The Balaban J connectivity index is 0.000000201. The van der Waals surface area contributed by atoms with Crippen LogP contribution in [0.15, 0.2) is 120 Å². The zero-order valence-corrected chi connectivity index (χ0v) is 37.7. The molecule has 63 heavy (non-hydrogen) atoms. The van der Waals surface area contributed by atoms with Gasteiger partial charge < -0.3 is 34.1 Å². The molecule has 2 aliphatic rings. The molecule has 4 aromatic carbocycles. The summed E-state index contributed by atoms with van der Waals surface area (Å²) in [6, 6.07) is 30.4. The van der Waals surface area contributed by atoms with E-state index < -0.39 is 5.79 Å². The average molecular weight is 929 g/mol. The van der Waals surface area contributed by atoms with Gasteiger partial charge in [0.15, 0.2) is 5.79 Å². The quantitative estimate of drug-likeness (QED) is 0.113. The van der Waals surface area contributed by atoms with E-state index in [-0.39, 0.29) is 18.2 Å². The van der Waals surface area contributed by atoms with Crippen molar-refractivity contribution in [1.82, 2.24) is 34.5 Å². The van der Waals surface area contributed by atoms with Gasteiger partial charge in [-0.25, -0.2) is 29.9 Å². The van der Waals surface area contributed by atoms with Crippen molar-refractivity contribution in [3.05, 3.63) is 142 Å². The highest BCUT2D eigenvalue weighted by Crippen LogP contribution is 2.49. The summed E-state index contributed by atoms with van der Waals surface area (Å²) in [5.74, 6) is 2.63. The van der Waals surface area contributed by atoms with Crippen LogP contribution < -0.4 is 20.1 Å². The minimum atomic E-state index is -0.628. The summed E-state index contributed by atoms with van der Waals surface area (Å²) in [6.45, 7) is 5.29. The van der Waals surface area contributed by atoms with Gasteiger partial charge >= 0.3 is 0 Å². The minimum absolute atomic E-state index is 0.0105. The van der Waals surface area contributed by atoms with E-state index in [1.165, 1.54) is 11.9 Å². The summed E-state index contributed by atoms with van der Waals surface area (Å²) >= 11 is 9.80. The van der Waals surface area contributed by atoms with Gasteiger partial charge in [0.25, 0.3) is 0 Å². The van der Waals surface area contributed by atoms with Crippen molar-refractivity contribution in [2.75, 3.05) is 24.9 Å². The van der Waals surface area contributed by atoms with Crippen molar-refractivity contribution in [2.24, 2.45) is 5.92 Å². The molecule has 1 aliphatic heterocycles. The number of halogens is 2. The van der Waals surface area contributed by atoms with Gasteiger partial charge in [0.1, 0.15) is 34.7 Å². The van der Waals surface area contributed by atoms with Gasteiger partial charge in [0.2, 0.25) is 11.9 Å². The summed E-state index contributed by atoms with van der Waals surface area (Å²) in [6.07, 6.45) is 10.0. The van der Waals surface area contributed by atoms with Crippen molar-refractivity contribution < 1.29 is 18.9 Å². The first kappa shape index (κ1) is 42.4. The van der Waals surface area contributed by atoms with Crippen LogP contribution in [0.4, 0.5) is 11.9 Å². The van der Waals surface area contributed by atoms with Gasteiger partial charge in [-0.2, -0.15) is 0 Å². The van der Waals surface area contributed by atoms with Crippen LogP contribution in [0.1, 0.15) is 49.4 Å². The molecule has 0 bridgehead atoms. The topological polar surface area (TPSA) is 143 Å². The molecule has 4 atom stereocenters. The van der Waals surface area contributed by atoms with Crippen LogP contribution >= 0.6 is 27.5 Å². The maximum Gasteiger partial charge on any atom is 0.223 e. The molecular weight excluding hydrogens is 882 g/mol. The maximum atomic E-state index is 6.47. The molecule has 0 spiro atoms. The summed E-state index contributed by atoms with van der Waals surface area (Å²) in [7, 11) is 3.33. The zero-order valence-electron chi connectivity index (χ0n) is 35.3. The molecule has 5 heterocycles. The van der Waals surface area contributed by atoms with Gasteiger partial charge in [-0.15, -0.1) is 0 Å². The van der Waals surface area contributed by atoms with Gasteiger partial charge in [0, 0.05) is 46.9 Å². The first-order valence-corrected chi connectivity index (χ1v) is 22.0.